The Morgan fingerprint density at radius 3 is 2.48 bits per heavy atom. The summed E-state index contributed by atoms with van der Waals surface area (Å²) < 4.78 is 0. The van der Waals surface area contributed by atoms with Gasteiger partial charge in [0.1, 0.15) is 0 Å². The Balaban J connectivity index is 1.73. The van der Waals surface area contributed by atoms with Crippen LogP contribution < -0.4 is 10.2 Å². The molecule has 5 heteroatoms. The number of rotatable bonds is 6. The van der Waals surface area contributed by atoms with Crippen LogP contribution in [0.25, 0.3) is 0 Å². The molecule has 120 valence electrons. The summed E-state index contributed by atoms with van der Waals surface area (Å²) in [5, 5.41) is 11.3. The van der Waals surface area contributed by atoms with Gasteiger partial charge in [0, 0.05) is 18.6 Å². The van der Waals surface area contributed by atoms with E-state index in [9.17, 15) is 4.79 Å². The van der Waals surface area contributed by atoms with E-state index in [0.29, 0.717) is 11.7 Å². The van der Waals surface area contributed by atoms with E-state index in [4.69, 9.17) is 0 Å². The number of amides is 1. The Bertz CT molecular complexity index is 650. The van der Waals surface area contributed by atoms with Crippen LogP contribution in [-0.2, 0) is 6.54 Å². The van der Waals surface area contributed by atoms with Crippen LogP contribution in [0.1, 0.15) is 42.7 Å². The Kier molecular flexibility index (Phi) is 4.55. The molecule has 3 rings (SSSR count). The summed E-state index contributed by atoms with van der Waals surface area (Å²) in [5.41, 5.74) is 1.60. The Morgan fingerprint density at radius 2 is 1.91 bits per heavy atom. The highest BCUT2D eigenvalue weighted by atomic mass is 16.2. The molecule has 0 unspecified atom stereocenters. The molecule has 0 bridgehead atoms. The van der Waals surface area contributed by atoms with Gasteiger partial charge < -0.3 is 10.2 Å². The Morgan fingerprint density at radius 1 is 1.17 bits per heavy atom. The van der Waals surface area contributed by atoms with Crippen LogP contribution in [0.5, 0.6) is 0 Å². The summed E-state index contributed by atoms with van der Waals surface area (Å²) in [7, 11) is 0. The van der Waals surface area contributed by atoms with Gasteiger partial charge in [-0.25, -0.2) is 0 Å². The zero-order valence-corrected chi connectivity index (χ0v) is 13.6. The second-order valence-electron chi connectivity index (χ2n) is 6.23. The lowest BCUT2D eigenvalue weighted by molar-refractivity contribution is 0.0945. The number of nitrogens with zero attached hydrogens (tertiary/aromatic N) is 3. The van der Waals surface area contributed by atoms with E-state index in [1.54, 1.807) is 6.07 Å². The first-order valence-corrected chi connectivity index (χ1v) is 8.08. The highest BCUT2D eigenvalue weighted by molar-refractivity contribution is 5.92. The van der Waals surface area contributed by atoms with Gasteiger partial charge in [0.05, 0.1) is 0 Å². The van der Waals surface area contributed by atoms with Crippen LogP contribution in [-0.4, -0.2) is 28.2 Å². The maximum Gasteiger partial charge on any atom is 0.272 e. The highest BCUT2D eigenvalue weighted by Crippen LogP contribution is 2.20. The first-order valence-electron chi connectivity index (χ1n) is 8.08. The van der Waals surface area contributed by atoms with Crippen molar-refractivity contribution in [1.29, 1.82) is 0 Å². The minimum absolute atomic E-state index is 0.134. The van der Waals surface area contributed by atoms with E-state index in [1.807, 2.05) is 24.3 Å². The van der Waals surface area contributed by atoms with Crippen molar-refractivity contribution < 1.29 is 4.79 Å². The van der Waals surface area contributed by atoms with Crippen LogP contribution in [0, 0.1) is 0 Å². The minimum Gasteiger partial charge on any atom is -0.348 e. The number of nitrogens with one attached hydrogen (secondary N) is 1. The fourth-order valence-corrected chi connectivity index (χ4v) is 2.39. The number of aromatic nitrogens is 2. The summed E-state index contributed by atoms with van der Waals surface area (Å²) in [6, 6.07) is 14.5. The van der Waals surface area contributed by atoms with Gasteiger partial charge in [0.2, 0.25) is 0 Å². The zero-order valence-electron chi connectivity index (χ0n) is 13.6. The van der Waals surface area contributed by atoms with Crippen molar-refractivity contribution in [2.24, 2.45) is 0 Å². The molecule has 1 fully saturated rings. The molecule has 5 nitrogen and oxygen atoms in total. The number of hydrogen-bond donors (Lipinski definition) is 1. The van der Waals surface area contributed by atoms with Crippen molar-refractivity contribution in [3.63, 3.8) is 0 Å². The number of carbonyl (C=O) groups excluding carboxylic acids is 1. The van der Waals surface area contributed by atoms with E-state index in [1.165, 1.54) is 5.56 Å². The molecule has 0 atom stereocenters. The predicted molar refractivity (Wildman–Crippen MR) is 90.3 cm³/mol. The molecule has 2 aromatic rings. The van der Waals surface area contributed by atoms with E-state index in [0.717, 1.165) is 25.2 Å². The van der Waals surface area contributed by atoms with Crippen LogP contribution in [0.15, 0.2) is 42.5 Å². The first-order chi connectivity index (χ1) is 11.1. The van der Waals surface area contributed by atoms with Crippen molar-refractivity contribution in [2.45, 2.75) is 45.3 Å². The van der Waals surface area contributed by atoms with Crippen molar-refractivity contribution in [2.75, 3.05) is 4.90 Å². The van der Waals surface area contributed by atoms with Gasteiger partial charge in [0.15, 0.2) is 11.5 Å². The molecule has 1 saturated carbocycles. The van der Waals surface area contributed by atoms with Crippen LogP contribution in [0.2, 0.25) is 0 Å². The number of benzene rings is 1. The van der Waals surface area contributed by atoms with Gasteiger partial charge in [-0.3, -0.25) is 4.79 Å². The van der Waals surface area contributed by atoms with Crippen LogP contribution in [0.4, 0.5) is 5.82 Å². The second-order valence-corrected chi connectivity index (χ2v) is 6.23. The van der Waals surface area contributed by atoms with Gasteiger partial charge in [-0.1, -0.05) is 30.3 Å². The highest BCUT2D eigenvalue weighted by Gasteiger charge is 2.24. The van der Waals surface area contributed by atoms with Crippen LogP contribution >= 0.6 is 0 Å². The summed E-state index contributed by atoms with van der Waals surface area (Å²) >= 11 is 0. The minimum atomic E-state index is -0.134. The number of anilines is 1. The Hall–Kier alpha value is -2.43. The standard InChI is InChI=1S/C18H22N4O/c1-13(2)22(12-14-6-4-3-5-7-14)17-11-10-16(20-21-17)18(23)19-15-8-9-15/h3-7,10-11,13,15H,8-9,12H2,1-2H3,(H,19,23). The molecule has 23 heavy (non-hydrogen) atoms. The average molecular weight is 310 g/mol. The molecular formula is C18H22N4O. The normalized spacial score (nSPS) is 13.9. The van der Waals surface area contributed by atoms with E-state index in [-0.39, 0.29) is 11.9 Å². The van der Waals surface area contributed by atoms with Crippen LogP contribution in [0.3, 0.4) is 0 Å². The maximum absolute atomic E-state index is 12.0. The lowest BCUT2D eigenvalue weighted by Gasteiger charge is -2.27. The number of carbonyl (C=O) groups is 1. The molecule has 1 heterocycles. The molecule has 1 aliphatic rings. The summed E-state index contributed by atoms with van der Waals surface area (Å²) in [5.74, 6) is 0.650. The summed E-state index contributed by atoms with van der Waals surface area (Å²) in [6.45, 7) is 5.01. The lowest BCUT2D eigenvalue weighted by Crippen LogP contribution is -2.32. The largest absolute Gasteiger partial charge is 0.348 e. The molecule has 0 radical (unpaired) electrons. The Labute approximate surface area is 136 Å². The monoisotopic (exact) mass is 310 g/mol. The van der Waals surface area contributed by atoms with Gasteiger partial charge in [0.25, 0.3) is 5.91 Å². The fourth-order valence-electron chi connectivity index (χ4n) is 2.39. The summed E-state index contributed by atoms with van der Waals surface area (Å²) in [6.07, 6.45) is 2.13. The third kappa shape index (κ3) is 4.06. The van der Waals surface area contributed by atoms with Crippen molar-refractivity contribution in [1.82, 2.24) is 15.5 Å². The second kappa shape index (κ2) is 6.77. The van der Waals surface area contributed by atoms with Crippen molar-refractivity contribution in [3.8, 4) is 0 Å². The van der Waals surface area contributed by atoms with Crippen molar-refractivity contribution >= 4 is 11.7 Å². The molecule has 0 spiro atoms. The third-order valence-electron chi connectivity index (χ3n) is 3.91. The molecule has 1 amide bonds. The van der Waals surface area contributed by atoms with E-state index < -0.39 is 0 Å². The van der Waals surface area contributed by atoms with Gasteiger partial charge in [-0.15, -0.1) is 10.2 Å². The molecular weight excluding hydrogens is 288 g/mol. The maximum atomic E-state index is 12.0. The zero-order chi connectivity index (χ0) is 16.2. The quantitative estimate of drug-likeness (QED) is 0.891. The topological polar surface area (TPSA) is 58.1 Å². The fraction of sp³-hybridized carbons (Fsp3) is 0.389. The SMILES string of the molecule is CC(C)N(Cc1ccccc1)c1ccc(C(=O)NC2CC2)nn1. The van der Waals surface area contributed by atoms with Gasteiger partial charge in [-0.05, 0) is 44.4 Å². The molecule has 0 aliphatic heterocycles. The predicted octanol–water partition coefficient (Wildman–Crippen LogP) is 2.78. The summed E-state index contributed by atoms with van der Waals surface area (Å²) in [4.78, 5) is 14.1. The van der Waals surface area contributed by atoms with Gasteiger partial charge in [-0.2, -0.15) is 0 Å². The molecule has 1 N–H and O–H groups in total. The van der Waals surface area contributed by atoms with Gasteiger partial charge >= 0.3 is 0 Å². The van der Waals surface area contributed by atoms with E-state index >= 15 is 0 Å². The van der Waals surface area contributed by atoms with Crippen molar-refractivity contribution in [3.05, 3.63) is 53.7 Å². The first kappa shape index (κ1) is 15.5. The van der Waals surface area contributed by atoms with E-state index in [2.05, 4.69) is 46.4 Å². The molecule has 0 saturated heterocycles. The molecule has 1 aromatic carbocycles. The smallest absolute Gasteiger partial charge is 0.272 e. The lowest BCUT2D eigenvalue weighted by atomic mass is 10.2. The average Bonchev–Trinajstić information content (AvgIpc) is 3.37. The third-order valence-corrected chi connectivity index (χ3v) is 3.91. The molecule has 1 aliphatic carbocycles. The molecule has 1 aromatic heterocycles. The number of hydrogen-bond acceptors (Lipinski definition) is 4.